The second-order valence-corrected chi connectivity index (χ2v) is 6.54. The van der Waals surface area contributed by atoms with E-state index in [2.05, 4.69) is 5.32 Å². The Bertz CT molecular complexity index is 633. The Balaban J connectivity index is 1.60. The molecule has 6 nitrogen and oxygen atoms in total. The molecule has 124 valence electrons. The van der Waals surface area contributed by atoms with Crippen molar-refractivity contribution in [2.24, 2.45) is 5.92 Å². The van der Waals surface area contributed by atoms with Crippen LogP contribution in [0.4, 0.5) is 5.69 Å². The molecule has 0 bridgehead atoms. The summed E-state index contributed by atoms with van der Waals surface area (Å²) >= 11 is 0. The maximum Gasteiger partial charge on any atom is 0.246 e. The largest absolute Gasteiger partial charge is 0.449 e. The van der Waals surface area contributed by atoms with Gasteiger partial charge in [0, 0.05) is 51.5 Å². The topological polar surface area (TPSA) is 67.9 Å². The van der Waals surface area contributed by atoms with Crippen LogP contribution < -0.4 is 14.8 Å². The number of carbonyl (C=O) groups is 2. The second-order valence-electron chi connectivity index (χ2n) is 6.54. The first-order chi connectivity index (χ1) is 10.8. The highest BCUT2D eigenvalue weighted by molar-refractivity contribution is 5.93. The van der Waals surface area contributed by atoms with E-state index in [1.165, 1.54) is 0 Å². The van der Waals surface area contributed by atoms with Crippen LogP contribution in [0.3, 0.4) is 0 Å². The molecule has 2 aliphatic heterocycles. The summed E-state index contributed by atoms with van der Waals surface area (Å²) in [6, 6.07) is 5.40. The molecule has 1 saturated heterocycles. The molecular formula is C17H22N2O4. The van der Waals surface area contributed by atoms with Crippen LogP contribution in [0.1, 0.15) is 33.6 Å². The molecule has 0 unspecified atom stereocenters. The monoisotopic (exact) mass is 318 g/mol. The average molecular weight is 318 g/mol. The van der Waals surface area contributed by atoms with Crippen LogP contribution in [-0.2, 0) is 9.59 Å². The lowest BCUT2D eigenvalue weighted by Gasteiger charge is -2.30. The molecule has 1 aromatic rings. The van der Waals surface area contributed by atoms with Crippen LogP contribution in [0, 0.1) is 5.92 Å². The molecular weight excluding hydrogens is 296 g/mol. The van der Waals surface area contributed by atoms with E-state index in [1.54, 1.807) is 24.0 Å². The molecule has 3 rings (SSSR count). The fraction of sp³-hybridized carbons (Fsp3) is 0.529. The molecule has 0 radical (unpaired) electrons. The van der Waals surface area contributed by atoms with Gasteiger partial charge in [0.25, 0.3) is 0 Å². The Morgan fingerprint density at radius 3 is 2.48 bits per heavy atom. The molecule has 1 N–H and O–H groups in total. The summed E-state index contributed by atoms with van der Waals surface area (Å²) in [6.45, 7) is 6.53. The Labute approximate surface area is 135 Å². The van der Waals surface area contributed by atoms with Crippen LogP contribution >= 0.6 is 0 Å². The molecule has 1 fully saturated rings. The van der Waals surface area contributed by atoms with Gasteiger partial charge in [-0.2, -0.15) is 0 Å². The van der Waals surface area contributed by atoms with Crippen molar-refractivity contribution in [1.29, 1.82) is 0 Å². The highest BCUT2D eigenvalue weighted by atomic mass is 16.7. The van der Waals surface area contributed by atoms with Gasteiger partial charge in [-0.1, -0.05) is 0 Å². The third-order valence-electron chi connectivity index (χ3n) is 4.23. The number of ether oxygens (including phenoxy) is 2. The fourth-order valence-corrected chi connectivity index (χ4v) is 3.00. The first kappa shape index (κ1) is 15.6. The van der Waals surface area contributed by atoms with Crippen LogP contribution in [0.5, 0.6) is 11.5 Å². The summed E-state index contributed by atoms with van der Waals surface area (Å²) in [4.78, 5) is 25.5. The van der Waals surface area contributed by atoms with Gasteiger partial charge in [0.15, 0.2) is 11.5 Å². The molecule has 6 heteroatoms. The fourth-order valence-electron chi connectivity index (χ4n) is 3.00. The van der Waals surface area contributed by atoms with Crippen molar-refractivity contribution >= 4 is 17.5 Å². The van der Waals surface area contributed by atoms with E-state index >= 15 is 0 Å². The maximum atomic E-state index is 12.4. The van der Waals surface area contributed by atoms with Crippen LogP contribution in [0.2, 0.25) is 0 Å². The van der Waals surface area contributed by atoms with Crippen molar-refractivity contribution in [2.45, 2.75) is 39.4 Å². The van der Waals surface area contributed by atoms with Gasteiger partial charge >= 0.3 is 0 Å². The van der Waals surface area contributed by atoms with E-state index in [0.717, 1.165) is 0 Å². The molecule has 0 atom stereocenters. The Morgan fingerprint density at radius 1 is 1.17 bits per heavy atom. The number of anilines is 1. The summed E-state index contributed by atoms with van der Waals surface area (Å²) in [5.41, 5.74) is 0.698. The smallest absolute Gasteiger partial charge is 0.246 e. The number of nitrogens with one attached hydrogen (secondary N) is 1. The number of rotatable bonds is 2. The van der Waals surface area contributed by atoms with Gasteiger partial charge in [-0.25, -0.2) is 0 Å². The van der Waals surface area contributed by atoms with Crippen LogP contribution in [-0.4, -0.2) is 35.6 Å². The molecule has 0 spiro atoms. The highest BCUT2D eigenvalue weighted by Crippen LogP contribution is 2.40. The number of carbonyl (C=O) groups excluding carboxylic acids is 2. The molecule has 2 aliphatic rings. The molecule has 23 heavy (non-hydrogen) atoms. The summed E-state index contributed by atoms with van der Waals surface area (Å²) in [7, 11) is 0. The maximum absolute atomic E-state index is 12.4. The van der Waals surface area contributed by atoms with E-state index < -0.39 is 5.79 Å². The standard InChI is InChI=1S/C17H22N2O4/c1-11(20)19-8-6-12(7-9-19)16(21)18-13-4-5-14-15(10-13)23-17(2,3)22-14/h4-5,10,12H,6-9H2,1-3H3,(H,18,21). The minimum atomic E-state index is -0.676. The number of fused-ring (bicyclic) bond motifs is 1. The minimum absolute atomic E-state index is 0.00803. The third kappa shape index (κ3) is 3.41. The number of benzene rings is 1. The predicted octanol–water partition coefficient (Wildman–Crippen LogP) is 2.39. The minimum Gasteiger partial charge on any atom is -0.449 e. The van der Waals surface area contributed by atoms with Gasteiger partial charge in [-0.15, -0.1) is 0 Å². The third-order valence-corrected chi connectivity index (χ3v) is 4.23. The van der Waals surface area contributed by atoms with Crippen molar-refractivity contribution in [1.82, 2.24) is 4.90 Å². The second kappa shape index (κ2) is 5.76. The lowest BCUT2D eigenvalue weighted by molar-refractivity contribution is -0.132. The van der Waals surface area contributed by atoms with Crippen LogP contribution in [0.15, 0.2) is 18.2 Å². The molecule has 0 aromatic heterocycles. The number of amides is 2. The van der Waals surface area contributed by atoms with E-state index in [1.807, 2.05) is 19.9 Å². The molecule has 2 heterocycles. The number of likely N-dealkylation sites (tertiary alicyclic amines) is 1. The molecule has 2 amide bonds. The zero-order chi connectivity index (χ0) is 16.6. The summed E-state index contributed by atoms with van der Waals surface area (Å²) in [5, 5.41) is 2.93. The van der Waals surface area contributed by atoms with Gasteiger partial charge in [-0.3, -0.25) is 9.59 Å². The SMILES string of the molecule is CC(=O)N1CCC(C(=O)Nc2ccc3c(c2)OC(C)(C)O3)CC1. The summed E-state index contributed by atoms with van der Waals surface area (Å²) in [6.07, 6.45) is 1.39. The van der Waals surface area contributed by atoms with Crippen molar-refractivity contribution in [3.05, 3.63) is 18.2 Å². The number of nitrogens with zero attached hydrogens (tertiary/aromatic N) is 1. The normalized spacial score (nSPS) is 19.5. The van der Waals surface area contributed by atoms with Crippen molar-refractivity contribution in [3.63, 3.8) is 0 Å². The molecule has 0 saturated carbocycles. The van der Waals surface area contributed by atoms with E-state index in [9.17, 15) is 9.59 Å². The van der Waals surface area contributed by atoms with Crippen LogP contribution in [0.25, 0.3) is 0 Å². The van der Waals surface area contributed by atoms with E-state index in [-0.39, 0.29) is 17.7 Å². The molecule has 1 aromatic carbocycles. The Morgan fingerprint density at radius 2 is 1.83 bits per heavy atom. The quantitative estimate of drug-likeness (QED) is 0.909. The lowest BCUT2D eigenvalue weighted by Crippen LogP contribution is -2.40. The summed E-state index contributed by atoms with van der Waals surface area (Å²) < 4.78 is 11.3. The van der Waals surface area contributed by atoms with Gasteiger partial charge in [0.1, 0.15) is 0 Å². The van der Waals surface area contributed by atoms with Crippen molar-refractivity contribution in [3.8, 4) is 11.5 Å². The molecule has 0 aliphatic carbocycles. The van der Waals surface area contributed by atoms with Gasteiger partial charge in [0.2, 0.25) is 17.6 Å². The first-order valence-electron chi connectivity index (χ1n) is 7.92. The van der Waals surface area contributed by atoms with Gasteiger partial charge < -0.3 is 19.7 Å². The Hall–Kier alpha value is -2.24. The Kier molecular flexibility index (Phi) is 3.92. The lowest BCUT2D eigenvalue weighted by atomic mass is 9.96. The average Bonchev–Trinajstić information content (AvgIpc) is 2.80. The zero-order valence-electron chi connectivity index (χ0n) is 13.7. The predicted molar refractivity (Wildman–Crippen MR) is 85.4 cm³/mol. The van der Waals surface area contributed by atoms with Crippen molar-refractivity contribution in [2.75, 3.05) is 18.4 Å². The van der Waals surface area contributed by atoms with Gasteiger partial charge in [-0.05, 0) is 25.0 Å². The number of piperidine rings is 1. The number of hydrogen-bond donors (Lipinski definition) is 1. The number of hydrogen-bond acceptors (Lipinski definition) is 4. The van der Waals surface area contributed by atoms with Crippen molar-refractivity contribution < 1.29 is 19.1 Å². The van der Waals surface area contributed by atoms with E-state index in [4.69, 9.17) is 9.47 Å². The zero-order valence-corrected chi connectivity index (χ0v) is 13.7. The highest BCUT2D eigenvalue weighted by Gasteiger charge is 2.32. The summed E-state index contributed by atoms with van der Waals surface area (Å²) in [5.74, 6) is 0.646. The first-order valence-corrected chi connectivity index (χ1v) is 7.92. The van der Waals surface area contributed by atoms with E-state index in [0.29, 0.717) is 43.1 Å². The van der Waals surface area contributed by atoms with Gasteiger partial charge in [0.05, 0.1) is 0 Å².